The first kappa shape index (κ1) is 37.0. The molecule has 0 radical (unpaired) electrons. The number of likely N-dealkylation sites (N-methyl/N-ethyl adjacent to an activating group) is 1. The highest BCUT2D eigenvalue weighted by atomic mass is 35.5. The number of hydrogen-bond acceptors (Lipinski definition) is 11. The molecule has 7 rings (SSSR count). The van der Waals surface area contributed by atoms with Crippen LogP contribution in [0.4, 0.5) is 28.8 Å². The van der Waals surface area contributed by atoms with Crippen LogP contribution in [0.5, 0.6) is 5.75 Å². The van der Waals surface area contributed by atoms with Gasteiger partial charge in [-0.15, -0.1) is 0 Å². The number of fused-ring (bicyclic) bond motifs is 1. The molecule has 2 N–H and O–H groups in total. The second kappa shape index (κ2) is 14.8. The number of nitrogens with one attached hydrogen (secondary N) is 2. The smallest absolute Gasteiger partial charge is 0.229 e. The summed E-state index contributed by atoms with van der Waals surface area (Å²) >= 11 is 6.67. The lowest BCUT2D eigenvalue weighted by Crippen LogP contribution is -2.52. The maximum absolute atomic E-state index is 13.7. The van der Waals surface area contributed by atoms with E-state index in [2.05, 4.69) is 87.4 Å². The van der Waals surface area contributed by atoms with Crippen molar-refractivity contribution in [2.45, 2.75) is 64.5 Å². The molecule has 4 aliphatic rings. The van der Waals surface area contributed by atoms with Crippen LogP contribution in [-0.2, 0) is 11.0 Å². The molecular weight excluding hydrogens is 693 g/mol. The van der Waals surface area contributed by atoms with Crippen molar-refractivity contribution < 1.29 is 9.30 Å². The lowest BCUT2D eigenvalue weighted by molar-refractivity contribution is 0.0982. The first-order valence-electron chi connectivity index (χ1n) is 18.8. The Morgan fingerprint density at radius 1 is 1.02 bits per heavy atom. The van der Waals surface area contributed by atoms with E-state index in [0.29, 0.717) is 34.6 Å². The third-order valence-electron chi connectivity index (χ3n) is 11.4. The van der Waals surface area contributed by atoms with Crippen molar-refractivity contribution in [2.24, 2.45) is 10.5 Å². The Morgan fingerprint density at radius 3 is 2.46 bits per heavy atom. The number of piperazine rings is 1. The molecule has 280 valence electrons. The number of aromatic nitrogens is 2. The maximum atomic E-state index is 13.7. The van der Waals surface area contributed by atoms with Gasteiger partial charge < -0.3 is 29.7 Å². The summed E-state index contributed by atoms with van der Waals surface area (Å²) < 4.78 is 19.6. The molecule has 2 aromatic carbocycles. The van der Waals surface area contributed by atoms with Crippen molar-refractivity contribution in [1.82, 2.24) is 24.8 Å². The molecule has 0 aliphatic carbocycles. The Bertz CT molecular complexity index is 1850. The average Bonchev–Trinajstić information content (AvgIpc) is 3.64. The van der Waals surface area contributed by atoms with Crippen molar-refractivity contribution in [3.05, 3.63) is 52.7 Å². The number of ether oxygens (including phenoxy) is 1. The SMILES string of the molecule is CCc1cc(Nc2ncc(Cl)c(Nc3ccc(C4C=NN5CC(C)(C)CC45)cc3P(C)(C)=O)n2)c(OC)cc1N1CCC(N2CCN(C)CC2)CC1. The summed E-state index contributed by atoms with van der Waals surface area (Å²) in [6.45, 7) is 18.1. The van der Waals surface area contributed by atoms with Crippen molar-refractivity contribution in [3.63, 3.8) is 0 Å². The second-order valence-electron chi connectivity index (χ2n) is 16.2. The summed E-state index contributed by atoms with van der Waals surface area (Å²) in [6, 6.07) is 11.5. The zero-order valence-corrected chi connectivity index (χ0v) is 33.5. The van der Waals surface area contributed by atoms with Gasteiger partial charge in [0.1, 0.15) is 17.9 Å². The van der Waals surface area contributed by atoms with Gasteiger partial charge >= 0.3 is 0 Å². The van der Waals surface area contributed by atoms with E-state index >= 15 is 0 Å². The number of anilines is 5. The first-order chi connectivity index (χ1) is 24.8. The van der Waals surface area contributed by atoms with Gasteiger partial charge in [0.15, 0.2) is 5.82 Å². The Kier molecular flexibility index (Phi) is 10.5. The largest absolute Gasteiger partial charge is 0.494 e. The van der Waals surface area contributed by atoms with E-state index in [1.165, 1.54) is 37.2 Å². The molecule has 52 heavy (non-hydrogen) atoms. The van der Waals surface area contributed by atoms with E-state index in [0.717, 1.165) is 67.9 Å². The molecule has 4 aliphatic heterocycles. The van der Waals surface area contributed by atoms with Crippen LogP contribution < -0.4 is 25.6 Å². The molecular formula is C39H55ClN9O2P. The molecule has 11 nitrogen and oxygen atoms in total. The van der Waals surface area contributed by atoms with Gasteiger partial charge in [0.25, 0.3) is 0 Å². The van der Waals surface area contributed by atoms with Gasteiger partial charge in [-0.25, -0.2) is 4.98 Å². The fourth-order valence-corrected chi connectivity index (χ4v) is 9.79. The fraction of sp³-hybridized carbons (Fsp3) is 0.564. The highest BCUT2D eigenvalue weighted by Crippen LogP contribution is 2.45. The maximum Gasteiger partial charge on any atom is 0.229 e. The normalized spacial score (nSPS) is 22.5. The minimum absolute atomic E-state index is 0.155. The summed E-state index contributed by atoms with van der Waals surface area (Å²) in [5, 5.41) is 14.9. The molecule has 13 heteroatoms. The number of hydrazone groups is 1. The molecule has 3 saturated heterocycles. The van der Waals surface area contributed by atoms with Crippen molar-refractivity contribution >= 4 is 59.1 Å². The molecule has 5 heterocycles. The van der Waals surface area contributed by atoms with Crippen LogP contribution in [0, 0.1) is 5.41 Å². The first-order valence-corrected chi connectivity index (χ1v) is 21.7. The van der Waals surface area contributed by atoms with E-state index in [-0.39, 0.29) is 11.3 Å². The highest BCUT2D eigenvalue weighted by molar-refractivity contribution is 7.70. The Morgan fingerprint density at radius 2 is 1.77 bits per heavy atom. The summed E-state index contributed by atoms with van der Waals surface area (Å²) in [5.74, 6) is 1.70. The Hall–Kier alpha value is -3.37. The zero-order chi connectivity index (χ0) is 36.8. The van der Waals surface area contributed by atoms with Gasteiger partial charge in [0.2, 0.25) is 5.95 Å². The minimum atomic E-state index is -2.69. The van der Waals surface area contributed by atoms with Gasteiger partial charge in [0, 0.05) is 81.0 Å². The van der Waals surface area contributed by atoms with Crippen molar-refractivity contribution in [2.75, 3.05) is 88.8 Å². The quantitative estimate of drug-likeness (QED) is 0.215. The number of benzene rings is 2. The van der Waals surface area contributed by atoms with E-state index in [9.17, 15) is 4.57 Å². The van der Waals surface area contributed by atoms with Crippen LogP contribution in [0.25, 0.3) is 0 Å². The number of rotatable bonds is 10. The van der Waals surface area contributed by atoms with Crippen LogP contribution in [0.2, 0.25) is 5.02 Å². The standard InChI is InChI=1S/C39H55ClN9O2P/c1-8-26-19-32(35(51-5)21-33(26)48-13-11-28(12-14-48)47-17-15-46(4)16-18-47)44-38-41-24-30(40)37(45-38)43-31-10-9-27(20-36(31)52(6,7)50)29-23-42-49-25-39(2,3)22-34(29)49/h9-10,19-21,23-24,28-29,34H,8,11-18,22,25H2,1-7H3,(H2,41,43,44,45). The number of halogens is 1. The highest BCUT2D eigenvalue weighted by Gasteiger charge is 2.44. The summed E-state index contributed by atoms with van der Waals surface area (Å²) in [7, 11) is 1.23. The monoisotopic (exact) mass is 747 g/mol. The van der Waals surface area contributed by atoms with Gasteiger partial charge in [-0.05, 0) is 80.8 Å². The molecule has 3 fully saturated rings. The third kappa shape index (κ3) is 7.79. The predicted octanol–water partition coefficient (Wildman–Crippen LogP) is 6.84. The topological polar surface area (TPSA) is 101 Å². The van der Waals surface area contributed by atoms with Crippen LogP contribution in [-0.4, -0.2) is 116 Å². The summed E-state index contributed by atoms with van der Waals surface area (Å²) in [6.07, 6.45) is 7.93. The van der Waals surface area contributed by atoms with Crippen molar-refractivity contribution in [3.8, 4) is 5.75 Å². The third-order valence-corrected chi connectivity index (χ3v) is 13.2. The molecule has 2 atom stereocenters. The number of hydrogen-bond donors (Lipinski definition) is 2. The predicted molar refractivity (Wildman–Crippen MR) is 216 cm³/mol. The van der Waals surface area contributed by atoms with Gasteiger partial charge in [-0.3, -0.25) is 9.91 Å². The van der Waals surface area contributed by atoms with E-state index < -0.39 is 7.14 Å². The molecule has 2 unspecified atom stereocenters. The van der Waals surface area contributed by atoms with Gasteiger partial charge in [0.05, 0.1) is 30.7 Å². The van der Waals surface area contributed by atoms with E-state index in [1.807, 2.05) is 12.3 Å². The molecule has 0 spiro atoms. The Labute approximate surface area is 314 Å². The van der Waals surface area contributed by atoms with Crippen LogP contribution in [0.15, 0.2) is 41.6 Å². The second-order valence-corrected chi connectivity index (χ2v) is 19.8. The van der Waals surface area contributed by atoms with E-state index in [4.69, 9.17) is 26.4 Å². The summed E-state index contributed by atoms with van der Waals surface area (Å²) in [4.78, 5) is 16.9. The number of aryl methyl sites for hydroxylation is 1. The van der Waals surface area contributed by atoms with Crippen LogP contribution in [0.1, 0.15) is 57.1 Å². The van der Waals surface area contributed by atoms with E-state index in [1.54, 1.807) is 26.6 Å². The van der Waals surface area contributed by atoms with Crippen molar-refractivity contribution in [1.29, 1.82) is 0 Å². The summed E-state index contributed by atoms with van der Waals surface area (Å²) in [5.41, 5.74) is 5.33. The molecule has 0 bridgehead atoms. The number of methoxy groups -OCH3 is 1. The lowest BCUT2D eigenvalue weighted by atomic mass is 9.84. The van der Waals surface area contributed by atoms with Crippen LogP contribution in [0.3, 0.4) is 0 Å². The molecule has 3 aromatic rings. The van der Waals surface area contributed by atoms with Crippen LogP contribution >= 0.6 is 18.7 Å². The molecule has 0 saturated carbocycles. The molecule has 1 aromatic heterocycles. The molecule has 0 amide bonds. The number of piperidine rings is 1. The average molecular weight is 748 g/mol. The van der Waals surface area contributed by atoms with Gasteiger partial charge in [-0.2, -0.15) is 10.1 Å². The fourth-order valence-electron chi connectivity index (χ4n) is 8.48. The number of nitrogens with zero attached hydrogens (tertiary/aromatic N) is 7. The lowest BCUT2D eigenvalue weighted by Gasteiger charge is -2.43. The minimum Gasteiger partial charge on any atom is -0.494 e. The van der Waals surface area contributed by atoms with Gasteiger partial charge in [-0.1, -0.05) is 38.4 Å². The Balaban J connectivity index is 1.09. The zero-order valence-electron chi connectivity index (χ0n) is 31.8.